The maximum atomic E-state index is 13.0. The Morgan fingerprint density at radius 1 is 1.35 bits per heavy atom. The van der Waals surface area contributed by atoms with Crippen molar-refractivity contribution in [1.29, 1.82) is 0 Å². The summed E-state index contributed by atoms with van der Waals surface area (Å²) in [6, 6.07) is 1.86. The Balaban J connectivity index is 1.83. The van der Waals surface area contributed by atoms with Gasteiger partial charge < -0.3 is 4.90 Å². The molecule has 142 valence electrons. The van der Waals surface area contributed by atoms with Crippen molar-refractivity contribution in [3.8, 4) is 0 Å². The van der Waals surface area contributed by atoms with Crippen molar-refractivity contribution in [1.82, 2.24) is 24.4 Å². The molecule has 8 nitrogen and oxygen atoms in total. The summed E-state index contributed by atoms with van der Waals surface area (Å²) in [5.41, 5.74) is 1.26. The molecule has 0 bridgehead atoms. The highest BCUT2D eigenvalue weighted by Gasteiger charge is 2.28. The second-order valence-electron chi connectivity index (χ2n) is 7.09. The van der Waals surface area contributed by atoms with E-state index < -0.39 is 10.0 Å². The van der Waals surface area contributed by atoms with E-state index in [2.05, 4.69) is 14.8 Å². The number of hydrogen-bond donors (Lipinski definition) is 1. The maximum absolute atomic E-state index is 13.0. The fourth-order valence-corrected chi connectivity index (χ4v) is 3.82. The largest absolute Gasteiger partial charge is 0.334 e. The highest BCUT2D eigenvalue weighted by Crippen LogP contribution is 2.22. The molecule has 1 atom stereocenters. The summed E-state index contributed by atoms with van der Waals surface area (Å²) in [7, 11) is -3.28. The van der Waals surface area contributed by atoms with Gasteiger partial charge in [0.2, 0.25) is 10.0 Å². The van der Waals surface area contributed by atoms with Crippen LogP contribution in [0.5, 0.6) is 0 Å². The third-order valence-electron chi connectivity index (χ3n) is 4.64. The van der Waals surface area contributed by atoms with Crippen LogP contribution in [0, 0.1) is 0 Å². The van der Waals surface area contributed by atoms with Crippen LogP contribution in [0.15, 0.2) is 18.5 Å². The minimum atomic E-state index is -3.28. The van der Waals surface area contributed by atoms with Crippen molar-refractivity contribution < 1.29 is 13.2 Å². The molecule has 0 saturated carbocycles. The molecule has 0 radical (unpaired) electrons. The molecule has 3 heterocycles. The van der Waals surface area contributed by atoms with Crippen molar-refractivity contribution in [2.24, 2.45) is 0 Å². The number of piperidine rings is 1. The quantitative estimate of drug-likeness (QED) is 0.850. The zero-order valence-corrected chi connectivity index (χ0v) is 16.2. The van der Waals surface area contributed by atoms with Gasteiger partial charge in [0.25, 0.3) is 5.91 Å². The number of nitrogens with zero attached hydrogens (tertiary/aromatic N) is 4. The van der Waals surface area contributed by atoms with Gasteiger partial charge in [0.05, 0.1) is 18.0 Å². The molecule has 26 heavy (non-hydrogen) atoms. The summed E-state index contributed by atoms with van der Waals surface area (Å²) in [4.78, 5) is 19.2. The fourth-order valence-electron chi connectivity index (χ4n) is 3.33. The molecule has 2 aromatic heterocycles. The lowest BCUT2D eigenvalue weighted by Crippen LogP contribution is -2.49. The Morgan fingerprint density at radius 2 is 2.12 bits per heavy atom. The first-order valence-corrected chi connectivity index (χ1v) is 10.7. The molecular weight excluding hydrogens is 354 g/mol. The summed E-state index contributed by atoms with van der Waals surface area (Å²) in [6.07, 6.45) is 7.13. The summed E-state index contributed by atoms with van der Waals surface area (Å²) in [6.45, 7) is 4.92. The normalized spacial score (nSPS) is 18.6. The number of carbonyl (C=O) groups excluding carboxylic acids is 1. The fraction of sp³-hybridized carbons (Fsp3) is 0.588. The molecule has 1 unspecified atom stereocenters. The first kappa shape index (κ1) is 18.8. The minimum absolute atomic E-state index is 0.114. The minimum Gasteiger partial charge on any atom is -0.334 e. The topological polar surface area (TPSA) is 97.2 Å². The number of fused-ring (bicyclic) bond motifs is 1. The van der Waals surface area contributed by atoms with Crippen LogP contribution in [0.25, 0.3) is 11.0 Å². The lowest BCUT2D eigenvalue weighted by atomic mass is 10.0. The van der Waals surface area contributed by atoms with E-state index in [9.17, 15) is 13.2 Å². The number of sulfonamides is 1. The molecule has 1 saturated heterocycles. The average molecular weight is 379 g/mol. The van der Waals surface area contributed by atoms with E-state index in [1.807, 2.05) is 24.6 Å². The molecular formula is C17H25N5O3S. The molecule has 0 aliphatic carbocycles. The molecule has 0 aromatic carbocycles. The van der Waals surface area contributed by atoms with Gasteiger partial charge in [-0.1, -0.05) is 0 Å². The molecule has 2 aromatic rings. The molecule has 3 rings (SSSR count). The van der Waals surface area contributed by atoms with Crippen molar-refractivity contribution in [2.45, 2.75) is 45.2 Å². The van der Waals surface area contributed by atoms with Gasteiger partial charge in [0.15, 0.2) is 5.65 Å². The third kappa shape index (κ3) is 4.04. The number of likely N-dealkylation sites (tertiary alicyclic amines) is 1. The molecule has 1 aliphatic rings. The van der Waals surface area contributed by atoms with Crippen molar-refractivity contribution in [3.05, 3.63) is 24.0 Å². The number of pyridine rings is 1. The van der Waals surface area contributed by atoms with Crippen LogP contribution in [0.4, 0.5) is 0 Å². The number of rotatable bonds is 5. The van der Waals surface area contributed by atoms with Gasteiger partial charge in [-0.15, -0.1) is 0 Å². The van der Waals surface area contributed by atoms with Crippen LogP contribution < -0.4 is 4.72 Å². The molecule has 1 aliphatic heterocycles. The van der Waals surface area contributed by atoms with Gasteiger partial charge in [-0.2, -0.15) is 5.10 Å². The van der Waals surface area contributed by atoms with Crippen molar-refractivity contribution in [2.75, 3.05) is 19.3 Å². The smallest absolute Gasteiger partial charge is 0.255 e. The summed E-state index contributed by atoms with van der Waals surface area (Å²) < 4.78 is 27.1. The predicted octanol–water partition coefficient (Wildman–Crippen LogP) is 1.56. The van der Waals surface area contributed by atoms with E-state index in [0.29, 0.717) is 12.1 Å². The highest BCUT2D eigenvalue weighted by atomic mass is 32.2. The third-order valence-corrected chi connectivity index (χ3v) is 5.33. The van der Waals surface area contributed by atoms with E-state index in [4.69, 9.17) is 0 Å². The monoisotopic (exact) mass is 379 g/mol. The van der Waals surface area contributed by atoms with Crippen LogP contribution in [0.3, 0.4) is 0 Å². The number of hydrogen-bond acceptors (Lipinski definition) is 5. The van der Waals surface area contributed by atoms with Gasteiger partial charge in [0.1, 0.15) is 0 Å². The van der Waals surface area contributed by atoms with Crippen LogP contribution in [0.1, 0.15) is 49.5 Å². The van der Waals surface area contributed by atoms with Gasteiger partial charge in [-0.25, -0.2) is 22.8 Å². The Morgan fingerprint density at radius 3 is 2.81 bits per heavy atom. The summed E-state index contributed by atoms with van der Waals surface area (Å²) in [5, 5.41) is 5.16. The number of aromatic nitrogens is 3. The highest BCUT2D eigenvalue weighted by molar-refractivity contribution is 7.88. The number of amides is 1. The standard InChI is InChI=1S/C17H25N5O3S/c1-12(2)22-16-13(10-19-22)8-14(9-18-16)17(23)21-7-5-4-6-15(21)11-20-26(3,24)25/h8-10,12,15,20H,4-7,11H2,1-3H3. The van der Waals surface area contributed by atoms with E-state index in [-0.39, 0.29) is 24.5 Å². The average Bonchev–Trinajstić information content (AvgIpc) is 3.02. The van der Waals surface area contributed by atoms with E-state index in [0.717, 1.165) is 36.6 Å². The van der Waals surface area contributed by atoms with Crippen LogP contribution in [0.2, 0.25) is 0 Å². The summed E-state index contributed by atoms with van der Waals surface area (Å²) in [5.74, 6) is -0.114. The second-order valence-corrected chi connectivity index (χ2v) is 8.92. The lowest BCUT2D eigenvalue weighted by molar-refractivity contribution is 0.0618. The number of nitrogens with one attached hydrogen (secondary N) is 1. The zero-order valence-electron chi connectivity index (χ0n) is 15.3. The second kappa shape index (κ2) is 7.32. The maximum Gasteiger partial charge on any atom is 0.255 e. The number of carbonyl (C=O) groups is 1. The molecule has 9 heteroatoms. The van der Waals surface area contributed by atoms with Crippen LogP contribution in [-0.2, 0) is 10.0 Å². The van der Waals surface area contributed by atoms with Crippen molar-refractivity contribution in [3.63, 3.8) is 0 Å². The van der Waals surface area contributed by atoms with Crippen LogP contribution in [-0.4, -0.2) is 59.4 Å². The Hall–Kier alpha value is -2.00. The van der Waals surface area contributed by atoms with E-state index in [1.54, 1.807) is 17.3 Å². The molecule has 1 N–H and O–H groups in total. The first-order valence-electron chi connectivity index (χ1n) is 8.85. The zero-order chi connectivity index (χ0) is 18.9. The van der Waals surface area contributed by atoms with E-state index >= 15 is 0 Å². The summed E-state index contributed by atoms with van der Waals surface area (Å²) >= 11 is 0. The van der Waals surface area contributed by atoms with Gasteiger partial charge in [0, 0.05) is 36.8 Å². The van der Waals surface area contributed by atoms with Gasteiger partial charge in [-0.3, -0.25) is 4.79 Å². The SMILES string of the molecule is CC(C)n1ncc2cc(C(=O)N3CCCCC3CNS(C)(=O)=O)cnc21. The van der Waals surface area contributed by atoms with E-state index in [1.165, 1.54) is 0 Å². The Labute approximate surface area is 153 Å². The Bertz CT molecular complexity index is 906. The Kier molecular flexibility index (Phi) is 5.29. The van der Waals surface area contributed by atoms with Gasteiger partial charge >= 0.3 is 0 Å². The van der Waals surface area contributed by atoms with Gasteiger partial charge in [-0.05, 0) is 39.2 Å². The molecule has 0 spiro atoms. The van der Waals surface area contributed by atoms with Crippen molar-refractivity contribution >= 4 is 27.0 Å². The molecule has 1 fully saturated rings. The van der Waals surface area contributed by atoms with Crippen LogP contribution >= 0.6 is 0 Å². The predicted molar refractivity (Wildman–Crippen MR) is 99.4 cm³/mol. The molecule has 1 amide bonds. The lowest BCUT2D eigenvalue weighted by Gasteiger charge is -2.35. The first-order chi connectivity index (χ1) is 12.3.